The van der Waals surface area contributed by atoms with Gasteiger partial charge in [-0.05, 0) is 36.0 Å². The molecule has 26 heavy (non-hydrogen) atoms. The van der Waals surface area contributed by atoms with Crippen molar-refractivity contribution >= 4 is 40.6 Å². The number of carbonyl (C=O) groups excluding carboxylic acids is 2. The van der Waals surface area contributed by atoms with Gasteiger partial charge >= 0.3 is 0 Å². The molecule has 0 spiro atoms. The van der Waals surface area contributed by atoms with E-state index in [9.17, 15) is 9.59 Å². The Labute approximate surface area is 160 Å². The highest BCUT2D eigenvalue weighted by atomic mass is 35.5. The summed E-state index contributed by atoms with van der Waals surface area (Å²) in [6.07, 6.45) is 1.67. The lowest BCUT2D eigenvalue weighted by Crippen LogP contribution is -2.32. The maximum absolute atomic E-state index is 12.5. The topological polar surface area (TPSA) is 55.8 Å². The molecule has 2 amide bonds. The number of methoxy groups -OCH3 is 1. The van der Waals surface area contributed by atoms with Crippen LogP contribution in [-0.4, -0.2) is 36.3 Å². The van der Waals surface area contributed by atoms with Crippen LogP contribution in [0.5, 0.6) is 11.5 Å². The molecule has 1 heterocycles. The van der Waals surface area contributed by atoms with E-state index in [2.05, 4.69) is 0 Å². The van der Waals surface area contributed by atoms with Crippen molar-refractivity contribution in [2.45, 2.75) is 0 Å². The second kappa shape index (κ2) is 8.29. The Morgan fingerprint density at radius 1 is 1.08 bits per heavy atom. The average Bonchev–Trinajstić information content (AvgIpc) is 2.91. The maximum atomic E-state index is 12.5. The summed E-state index contributed by atoms with van der Waals surface area (Å²) in [6, 6.07) is 14.4. The molecule has 0 unspecified atom stereocenters. The number of hydrogen-bond acceptors (Lipinski definition) is 5. The molecule has 3 rings (SSSR count). The summed E-state index contributed by atoms with van der Waals surface area (Å²) in [5, 5.41) is 0.164. The fraction of sp³-hybridized carbons (Fsp3) is 0.158. The largest absolute Gasteiger partial charge is 0.496 e. The molecule has 1 fully saturated rings. The molecule has 5 nitrogen and oxygen atoms in total. The van der Waals surface area contributed by atoms with Gasteiger partial charge in [0.1, 0.15) is 18.1 Å². The zero-order valence-electron chi connectivity index (χ0n) is 14.0. The van der Waals surface area contributed by atoms with Crippen LogP contribution in [0.2, 0.25) is 5.02 Å². The summed E-state index contributed by atoms with van der Waals surface area (Å²) in [7, 11) is 1.56. The lowest BCUT2D eigenvalue weighted by Gasteiger charge is -2.13. The quantitative estimate of drug-likeness (QED) is 0.682. The molecule has 0 aliphatic carbocycles. The van der Waals surface area contributed by atoms with Gasteiger partial charge in [-0.2, -0.15) is 0 Å². The van der Waals surface area contributed by atoms with Crippen LogP contribution >= 0.6 is 23.4 Å². The van der Waals surface area contributed by atoms with Gasteiger partial charge in [0, 0.05) is 5.56 Å². The predicted molar refractivity (Wildman–Crippen MR) is 103 cm³/mol. The Morgan fingerprint density at radius 2 is 1.77 bits per heavy atom. The van der Waals surface area contributed by atoms with Crippen molar-refractivity contribution < 1.29 is 19.1 Å². The SMILES string of the molecule is COc1ccccc1/C=C1\SC(=O)N(CCOc2ccccc2Cl)C1=O. The number of rotatable bonds is 6. The Kier molecular flexibility index (Phi) is 5.85. The van der Waals surface area contributed by atoms with Gasteiger partial charge in [0.05, 0.1) is 23.6 Å². The highest BCUT2D eigenvalue weighted by Crippen LogP contribution is 2.33. The molecule has 0 N–H and O–H groups in total. The van der Waals surface area contributed by atoms with Crippen LogP contribution in [-0.2, 0) is 4.79 Å². The fourth-order valence-electron chi connectivity index (χ4n) is 2.43. The maximum Gasteiger partial charge on any atom is 0.293 e. The average molecular weight is 390 g/mol. The number of carbonyl (C=O) groups is 2. The molecule has 1 aliphatic rings. The minimum Gasteiger partial charge on any atom is -0.496 e. The van der Waals surface area contributed by atoms with Crippen molar-refractivity contribution in [3.63, 3.8) is 0 Å². The highest BCUT2D eigenvalue weighted by molar-refractivity contribution is 8.18. The number of benzene rings is 2. The first-order valence-electron chi connectivity index (χ1n) is 7.86. The van der Waals surface area contributed by atoms with Crippen LogP contribution in [0.3, 0.4) is 0 Å². The van der Waals surface area contributed by atoms with Gasteiger partial charge in [0.15, 0.2) is 0 Å². The van der Waals surface area contributed by atoms with E-state index in [0.29, 0.717) is 21.4 Å². The van der Waals surface area contributed by atoms with Gasteiger partial charge in [-0.1, -0.05) is 41.9 Å². The Morgan fingerprint density at radius 3 is 2.50 bits per heavy atom. The molecular formula is C19H16ClNO4S. The Bertz CT molecular complexity index is 868. The Hall–Kier alpha value is -2.44. The van der Waals surface area contributed by atoms with Gasteiger partial charge in [-0.15, -0.1) is 0 Å². The van der Waals surface area contributed by atoms with Crippen molar-refractivity contribution in [2.24, 2.45) is 0 Å². The monoisotopic (exact) mass is 389 g/mol. The van der Waals surface area contributed by atoms with Crippen LogP contribution in [0.1, 0.15) is 5.56 Å². The van der Waals surface area contributed by atoms with Crippen molar-refractivity contribution in [3.8, 4) is 11.5 Å². The highest BCUT2D eigenvalue weighted by Gasteiger charge is 2.35. The first kappa shape index (κ1) is 18.4. The van der Waals surface area contributed by atoms with Crippen LogP contribution in [0.4, 0.5) is 4.79 Å². The second-order valence-corrected chi connectivity index (χ2v) is 6.75. The molecule has 134 valence electrons. The molecule has 0 aromatic heterocycles. The van der Waals surface area contributed by atoms with E-state index >= 15 is 0 Å². The van der Waals surface area contributed by atoms with Gasteiger partial charge in [-0.3, -0.25) is 14.5 Å². The van der Waals surface area contributed by atoms with Crippen molar-refractivity contribution in [1.82, 2.24) is 4.90 Å². The molecule has 0 bridgehead atoms. The van der Waals surface area contributed by atoms with Gasteiger partial charge in [0.25, 0.3) is 11.1 Å². The van der Waals surface area contributed by atoms with E-state index in [0.717, 1.165) is 17.3 Å². The number of ether oxygens (including phenoxy) is 2. The summed E-state index contributed by atoms with van der Waals surface area (Å²) < 4.78 is 10.8. The third kappa shape index (κ3) is 4.03. The van der Waals surface area contributed by atoms with Gasteiger partial charge in [0.2, 0.25) is 0 Å². The van der Waals surface area contributed by atoms with Crippen LogP contribution < -0.4 is 9.47 Å². The molecule has 2 aromatic carbocycles. The second-order valence-electron chi connectivity index (χ2n) is 5.35. The van der Waals surface area contributed by atoms with Crippen LogP contribution in [0.15, 0.2) is 53.4 Å². The normalized spacial score (nSPS) is 15.6. The van der Waals surface area contributed by atoms with Crippen molar-refractivity contribution in [3.05, 3.63) is 64.0 Å². The number of nitrogens with zero attached hydrogens (tertiary/aromatic N) is 1. The number of imide groups is 1. The first-order valence-corrected chi connectivity index (χ1v) is 9.05. The van der Waals surface area contributed by atoms with E-state index in [1.54, 1.807) is 43.5 Å². The molecule has 0 radical (unpaired) electrons. The fourth-order valence-corrected chi connectivity index (χ4v) is 3.47. The number of thioether (sulfide) groups is 1. The summed E-state index contributed by atoms with van der Waals surface area (Å²) >= 11 is 6.93. The number of halogens is 1. The zero-order chi connectivity index (χ0) is 18.5. The molecule has 2 aromatic rings. The van der Waals surface area contributed by atoms with Crippen molar-refractivity contribution in [1.29, 1.82) is 0 Å². The molecule has 0 atom stereocenters. The van der Waals surface area contributed by atoms with E-state index in [1.165, 1.54) is 4.90 Å². The smallest absolute Gasteiger partial charge is 0.293 e. The first-order chi connectivity index (χ1) is 12.6. The lowest BCUT2D eigenvalue weighted by molar-refractivity contribution is -0.123. The minimum atomic E-state index is -0.339. The van der Waals surface area contributed by atoms with E-state index in [4.69, 9.17) is 21.1 Å². The molecule has 0 saturated carbocycles. The number of amides is 2. The summed E-state index contributed by atoms with van der Waals surface area (Å²) in [6.45, 7) is 0.322. The Balaban J connectivity index is 1.67. The molecule has 1 saturated heterocycles. The summed E-state index contributed by atoms with van der Waals surface area (Å²) in [5.41, 5.74) is 0.743. The summed E-state index contributed by atoms with van der Waals surface area (Å²) in [5.74, 6) is 0.820. The third-order valence-corrected chi connectivity index (χ3v) is 4.93. The molecule has 7 heteroatoms. The van der Waals surface area contributed by atoms with E-state index in [1.807, 2.05) is 18.2 Å². The molecule has 1 aliphatic heterocycles. The zero-order valence-corrected chi connectivity index (χ0v) is 15.5. The van der Waals surface area contributed by atoms with Crippen molar-refractivity contribution in [2.75, 3.05) is 20.3 Å². The van der Waals surface area contributed by atoms with Gasteiger partial charge < -0.3 is 9.47 Å². The number of hydrogen-bond donors (Lipinski definition) is 0. The van der Waals surface area contributed by atoms with E-state index < -0.39 is 0 Å². The number of para-hydroxylation sites is 2. The summed E-state index contributed by atoms with van der Waals surface area (Å²) in [4.78, 5) is 26.2. The molecular weight excluding hydrogens is 374 g/mol. The minimum absolute atomic E-state index is 0.152. The van der Waals surface area contributed by atoms with Gasteiger partial charge in [-0.25, -0.2) is 0 Å². The van der Waals surface area contributed by atoms with E-state index in [-0.39, 0.29) is 24.3 Å². The standard InChI is InChI=1S/C19H16ClNO4S/c1-24-15-8-4-2-6-13(15)12-17-18(22)21(19(23)26-17)10-11-25-16-9-5-3-7-14(16)20/h2-9,12H,10-11H2,1H3/b17-12-. The van der Waals surface area contributed by atoms with Crippen LogP contribution in [0.25, 0.3) is 6.08 Å². The third-order valence-electron chi connectivity index (χ3n) is 3.71. The lowest BCUT2D eigenvalue weighted by atomic mass is 10.2. The predicted octanol–water partition coefficient (Wildman–Crippen LogP) is 4.46. The van der Waals surface area contributed by atoms with Crippen LogP contribution in [0, 0.1) is 0 Å².